The molecule has 3 N–H and O–H groups in total. The average molecular weight is 1670 g/mol. The van der Waals surface area contributed by atoms with E-state index < -0.39 is 0 Å². The normalized spacial score (nSPS) is 11.5. The SMILES string of the molecule is CCCCCCCCCCCCOc1ccc(-c2nc(SCC)nc(-c3cc4c5ccccc5ccc4c4ccccc34)n2)c(O)c1.CCCCCCCCCCCCOc1ccc(-c2nc(SCC)nc(-c3cc4ccccc4c4ccccc34)n2)c(O)c1.CCSc1nc(-c2ccccc2O)nc(-c2ccc3ccc4cccc5ccc2c3c45)n1. The topological polar surface area (TPSA) is 195 Å². The summed E-state index contributed by atoms with van der Waals surface area (Å²) in [6.07, 6.45) is 25.8. The van der Waals surface area contributed by atoms with Crippen molar-refractivity contribution in [2.45, 2.75) is 179 Å². The number of hydrogen-bond donors (Lipinski definition) is 3. The Hall–Kier alpha value is -11.5. The summed E-state index contributed by atoms with van der Waals surface area (Å²) in [6, 6.07) is 79.8. The monoisotopic (exact) mass is 1670 g/mol. The van der Waals surface area contributed by atoms with Crippen LogP contribution in [0.5, 0.6) is 28.7 Å². The predicted molar refractivity (Wildman–Crippen MR) is 512 cm³/mol. The van der Waals surface area contributed by atoms with E-state index in [1.807, 2.05) is 42.5 Å². The van der Waals surface area contributed by atoms with Gasteiger partial charge in [-0.05, 0) is 171 Å². The minimum Gasteiger partial charge on any atom is -0.507 e. The van der Waals surface area contributed by atoms with Gasteiger partial charge in [0.25, 0.3) is 0 Å². The Kier molecular flexibility index (Phi) is 29.7. The first-order chi connectivity index (χ1) is 60.1. The summed E-state index contributed by atoms with van der Waals surface area (Å²) in [7, 11) is 0. The van der Waals surface area contributed by atoms with Crippen LogP contribution in [0.15, 0.2) is 252 Å². The van der Waals surface area contributed by atoms with Crippen molar-refractivity contribution in [1.82, 2.24) is 44.9 Å². The van der Waals surface area contributed by atoms with Gasteiger partial charge in [-0.3, -0.25) is 0 Å². The maximum atomic E-state index is 11.1. The van der Waals surface area contributed by atoms with Crippen LogP contribution in [-0.2, 0) is 0 Å². The Morgan fingerprint density at radius 1 is 0.230 bits per heavy atom. The van der Waals surface area contributed by atoms with Crippen molar-refractivity contribution in [2.75, 3.05) is 30.5 Å². The van der Waals surface area contributed by atoms with Gasteiger partial charge in [0, 0.05) is 28.8 Å². The third-order valence-electron chi connectivity index (χ3n) is 22.5. The second-order valence-electron chi connectivity index (χ2n) is 31.0. The zero-order valence-corrected chi connectivity index (χ0v) is 73.1. The molecule has 0 radical (unpaired) electrons. The lowest BCUT2D eigenvalue weighted by Gasteiger charge is -2.14. The van der Waals surface area contributed by atoms with Gasteiger partial charge in [-0.2, -0.15) is 0 Å². The van der Waals surface area contributed by atoms with Gasteiger partial charge in [-0.15, -0.1) is 0 Å². The van der Waals surface area contributed by atoms with Crippen molar-refractivity contribution < 1.29 is 24.8 Å². The summed E-state index contributed by atoms with van der Waals surface area (Å²) in [4.78, 5) is 43.4. The fraction of sp³-hybridized carbons (Fsp3) is 0.286. The molecule has 17 aromatic rings. The number of aromatic hydroxyl groups is 3. The molecule has 14 nitrogen and oxygen atoms in total. The molecule has 3 heterocycles. The standard InChI is InChI=1S/C41H45N3O2S.C37H43N3O2S.C27H19N3OS/c1-3-5-6-7-8-9-10-11-12-17-26-46-30-23-25-35(38(45)27-30)39-42-40(44-41(43-39)47-4-2)37-28-36-31-19-14-13-18-29(31)22-24-34(36)32-20-15-16-21-33(32)37;1-3-5-6-7-8-9-10-11-12-17-24-42-28-22-23-32(34(41)26-28)35-38-36(40-37(39-35)43-4-2)33-25-27-18-13-14-19-29(27)30-20-15-16-21-31(30)33;1-2-32-27-29-25(28-26(30-27)21-8-3-4-9-22(21)31)20-15-13-18-11-10-16-6-5-7-17-12-14-19(20)24(18)23(16)17/h13-16,18-25,27-28,45H,3-12,17,26H2,1-2H3;13-16,18-23,25-26,41H,3-12,17,24H2,1-2H3;3-15,31H,2H2,1H3. The van der Waals surface area contributed by atoms with E-state index in [2.05, 4.69) is 209 Å². The van der Waals surface area contributed by atoms with Gasteiger partial charge in [-0.1, -0.05) is 355 Å². The summed E-state index contributed by atoms with van der Waals surface area (Å²) >= 11 is 4.71. The number of unbranched alkanes of at least 4 members (excludes halogenated alkanes) is 18. The summed E-state index contributed by atoms with van der Waals surface area (Å²) in [5, 5.41) is 53.3. The Bertz CT molecular complexity index is 6410. The van der Waals surface area contributed by atoms with Crippen LogP contribution < -0.4 is 9.47 Å². The third kappa shape index (κ3) is 20.6. The number of ether oxygens (including phenoxy) is 2. The highest BCUT2D eigenvalue weighted by atomic mass is 32.2. The number of para-hydroxylation sites is 1. The minimum atomic E-state index is 0.101. The lowest BCUT2D eigenvalue weighted by Crippen LogP contribution is -2.01. The molecule has 0 aliphatic rings. The van der Waals surface area contributed by atoms with Gasteiger partial charge in [-0.25, -0.2) is 44.9 Å². The van der Waals surface area contributed by atoms with E-state index in [0.717, 1.165) is 84.5 Å². The fourth-order valence-corrected chi connectivity index (χ4v) is 18.1. The van der Waals surface area contributed by atoms with Gasteiger partial charge in [0.2, 0.25) is 0 Å². The van der Waals surface area contributed by atoms with Crippen LogP contribution in [0.1, 0.15) is 163 Å². The molecule has 122 heavy (non-hydrogen) atoms. The fourth-order valence-electron chi connectivity index (χ4n) is 16.4. The molecule has 14 aromatic carbocycles. The van der Waals surface area contributed by atoms with E-state index in [9.17, 15) is 15.3 Å². The molecule has 3 aromatic heterocycles. The van der Waals surface area contributed by atoms with E-state index >= 15 is 0 Å². The Labute approximate surface area is 728 Å². The molecule has 0 aliphatic carbocycles. The van der Waals surface area contributed by atoms with E-state index in [0.29, 0.717) is 91.8 Å². The molecule has 0 saturated heterocycles. The Balaban J connectivity index is 0.000000144. The number of hydrogen-bond acceptors (Lipinski definition) is 17. The number of thioether (sulfide) groups is 3. The Morgan fingerprint density at radius 2 is 0.566 bits per heavy atom. The first kappa shape index (κ1) is 85.5. The zero-order valence-electron chi connectivity index (χ0n) is 70.6. The third-order valence-corrected chi connectivity index (χ3v) is 24.7. The molecular formula is C105H107N9O5S3. The first-order valence-corrected chi connectivity index (χ1v) is 46.8. The van der Waals surface area contributed by atoms with Crippen LogP contribution in [0.3, 0.4) is 0 Å². The van der Waals surface area contributed by atoms with Crippen molar-refractivity contribution in [3.63, 3.8) is 0 Å². The highest BCUT2D eigenvalue weighted by Gasteiger charge is 2.23. The van der Waals surface area contributed by atoms with Crippen molar-refractivity contribution in [3.8, 4) is 97.1 Å². The van der Waals surface area contributed by atoms with Crippen molar-refractivity contribution in [1.29, 1.82) is 0 Å². The summed E-state index contributed by atoms with van der Waals surface area (Å²) in [5.74, 6) is 7.39. The van der Waals surface area contributed by atoms with E-state index in [4.69, 9.17) is 49.3 Å². The molecule has 0 atom stereocenters. The van der Waals surface area contributed by atoms with Crippen LogP contribution in [-0.4, -0.2) is 90.6 Å². The number of nitrogens with zero attached hydrogens (tertiary/aromatic N) is 9. The van der Waals surface area contributed by atoms with Crippen LogP contribution in [0.4, 0.5) is 0 Å². The molecule has 0 saturated carbocycles. The number of phenols is 3. The maximum absolute atomic E-state index is 11.1. The lowest BCUT2D eigenvalue weighted by molar-refractivity contribution is 0.302. The molecule has 17 rings (SSSR count). The van der Waals surface area contributed by atoms with E-state index in [1.54, 1.807) is 59.6 Å². The molecule has 0 spiro atoms. The van der Waals surface area contributed by atoms with Crippen LogP contribution in [0, 0.1) is 0 Å². The summed E-state index contributed by atoms with van der Waals surface area (Å²) < 4.78 is 12.0. The van der Waals surface area contributed by atoms with E-state index in [-0.39, 0.29) is 17.2 Å². The number of fused-ring (bicyclic) bond motifs is 8. The molecule has 0 bridgehead atoms. The lowest BCUT2D eigenvalue weighted by atomic mass is 9.92. The molecule has 0 fully saturated rings. The first-order valence-electron chi connectivity index (χ1n) is 43.8. The molecule has 620 valence electrons. The van der Waals surface area contributed by atoms with Gasteiger partial charge in [0.15, 0.2) is 50.4 Å². The molecular weight excluding hydrogens is 1560 g/mol. The van der Waals surface area contributed by atoms with Crippen LogP contribution in [0.25, 0.3) is 155 Å². The van der Waals surface area contributed by atoms with Crippen LogP contribution >= 0.6 is 35.3 Å². The second kappa shape index (κ2) is 42.3. The van der Waals surface area contributed by atoms with Gasteiger partial charge in [0.05, 0.1) is 29.9 Å². The largest absolute Gasteiger partial charge is 0.507 e. The molecule has 17 heteroatoms. The zero-order chi connectivity index (χ0) is 83.9. The van der Waals surface area contributed by atoms with Crippen LogP contribution in [0.2, 0.25) is 0 Å². The van der Waals surface area contributed by atoms with Crippen molar-refractivity contribution in [3.05, 3.63) is 237 Å². The second-order valence-corrected chi connectivity index (χ2v) is 34.7. The van der Waals surface area contributed by atoms with Gasteiger partial charge < -0.3 is 24.8 Å². The molecule has 0 amide bonds. The summed E-state index contributed by atoms with van der Waals surface area (Å²) in [5.41, 5.74) is 4.60. The number of aromatic nitrogens is 9. The average Bonchev–Trinajstić information content (AvgIpc) is 0.743. The van der Waals surface area contributed by atoms with Crippen molar-refractivity contribution in [2.24, 2.45) is 0 Å². The highest BCUT2D eigenvalue weighted by Crippen LogP contribution is 2.44. The van der Waals surface area contributed by atoms with E-state index in [1.165, 1.54) is 164 Å². The maximum Gasteiger partial charge on any atom is 0.191 e. The number of phenolic OH excluding ortho intramolecular Hbond substituents is 3. The minimum absolute atomic E-state index is 0.101. The van der Waals surface area contributed by atoms with Gasteiger partial charge >= 0.3 is 0 Å². The summed E-state index contributed by atoms with van der Waals surface area (Å²) in [6.45, 7) is 12.1. The van der Waals surface area contributed by atoms with Gasteiger partial charge in [0.1, 0.15) is 28.7 Å². The quantitative estimate of drug-likeness (QED) is 0.0190. The highest BCUT2D eigenvalue weighted by molar-refractivity contribution is 7.99. The molecule has 0 aliphatic heterocycles. The molecule has 0 unspecified atom stereocenters. The Morgan fingerprint density at radius 3 is 1.05 bits per heavy atom. The smallest absolute Gasteiger partial charge is 0.191 e. The number of benzene rings is 14. The van der Waals surface area contributed by atoms with Crippen molar-refractivity contribution >= 4 is 121 Å². The predicted octanol–water partition coefficient (Wildman–Crippen LogP) is 29.3. The number of rotatable bonds is 36.